The highest BCUT2D eigenvalue weighted by Crippen LogP contribution is 2.21. The first-order valence-electron chi connectivity index (χ1n) is 10.6. The van der Waals surface area contributed by atoms with E-state index in [-0.39, 0.29) is 11.7 Å². The van der Waals surface area contributed by atoms with Crippen LogP contribution < -0.4 is 5.32 Å². The van der Waals surface area contributed by atoms with Crippen molar-refractivity contribution in [1.82, 2.24) is 0 Å². The van der Waals surface area contributed by atoms with Crippen molar-refractivity contribution in [3.05, 3.63) is 48.6 Å². The van der Waals surface area contributed by atoms with Gasteiger partial charge in [-0.25, -0.2) is 0 Å². The molecule has 0 aliphatic carbocycles. The second-order valence-electron chi connectivity index (χ2n) is 7.05. The van der Waals surface area contributed by atoms with Gasteiger partial charge in [-0.05, 0) is 50.7 Å². The number of amides is 1. The smallest absolute Gasteiger partial charge is 0.224 e. The van der Waals surface area contributed by atoms with E-state index in [1.54, 1.807) is 24.3 Å². The highest BCUT2D eigenvalue weighted by Gasteiger charge is 2.05. The van der Waals surface area contributed by atoms with Gasteiger partial charge < -0.3 is 10.4 Å². The molecule has 0 spiro atoms. The molecule has 27 heavy (non-hydrogen) atoms. The molecule has 1 amide bonds. The van der Waals surface area contributed by atoms with Crippen LogP contribution in [0.1, 0.15) is 84.0 Å². The molecule has 2 N–H and O–H groups in total. The molecule has 0 saturated carbocycles. The molecule has 0 heterocycles. The Balaban J connectivity index is 1.92. The standard InChI is InChI=1S/C24H37NO2/c1-2-3-4-5-6-7-8-9-10-11-12-13-14-15-16-21-24(27)25-22-19-17-18-20-23(22)26/h6-7,9-10,17-20,26H,2-5,8,11-16,21H2,1H3,(H,25,27)/b7-6-,10-9-. The summed E-state index contributed by atoms with van der Waals surface area (Å²) < 4.78 is 0. The fourth-order valence-electron chi connectivity index (χ4n) is 2.89. The summed E-state index contributed by atoms with van der Waals surface area (Å²) in [6.45, 7) is 2.24. The van der Waals surface area contributed by atoms with Crippen molar-refractivity contribution in [2.75, 3.05) is 5.32 Å². The van der Waals surface area contributed by atoms with Gasteiger partial charge in [0, 0.05) is 6.42 Å². The molecule has 3 nitrogen and oxygen atoms in total. The number of phenols is 1. The Bertz CT molecular complexity index is 563. The quantitative estimate of drug-likeness (QED) is 0.195. The minimum Gasteiger partial charge on any atom is -0.506 e. The van der Waals surface area contributed by atoms with Gasteiger partial charge in [0.05, 0.1) is 5.69 Å². The van der Waals surface area contributed by atoms with Crippen LogP contribution in [0.2, 0.25) is 0 Å². The normalized spacial score (nSPS) is 11.4. The van der Waals surface area contributed by atoms with Crippen molar-refractivity contribution in [3.8, 4) is 5.75 Å². The minimum absolute atomic E-state index is 0.0258. The Morgan fingerprint density at radius 1 is 0.889 bits per heavy atom. The number of unbranched alkanes of at least 4 members (excludes halogenated alkanes) is 8. The summed E-state index contributed by atoms with van der Waals surface area (Å²) >= 11 is 0. The number of anilines is 1. The number of para-hydroxylation sites is 2. The summed E-state index contributed by atoms with van der Waals surface area (Å²) in [5.41, 5.74) is 0.491. The fourth-order valence-corrected chi connectivity index (χ4v) is 2.89. The lowest BCUT2D eigenvalue weighted by atomic mass is 10.1. The summed E-state index contributed by atoms with van der Waals surface area (Å²) in [6, 6.07) is 6.83. The molecular formula is C24H37NO2. The second kappa shape index (κ2) is 16.2. The average molecular weight is 372 g/mol. The number of allylic oxidation sites excluding steroid dienone is 4. The second-order valence-corrected chi connectivity index (χ2v) is 7.05. The number of rotatable bonds is 15. The van der Waals surface area contributed by atoms with Crippen molar-refractivity contribution in [3.63, 3.8) is 0 Å². The first-order chi connectivity index (χ1) is 13.2. The zero-order valence-electron chi connectivity index (χ0n) is 17.0. The number of hydrogen-bond donors (Lipinski definition) is 2. The third kappa shape index (κ3) is 12.9. The van der Waals surface area contributed by atoms with E-state index in [2.05, 4.69) is 36.5 Å². The van der Waals surface area contributed by atoms with Crippen LogP contribution in [0, 0.1) is 0 Å². The Morgan fingerprint density at radius 3 is 2.22 bits per heavy atom. The molecule has 0 unspecified atom stereocenters. The van der Waals surface area contributed by atoms with Gasteiger partial charge in [-0.3, -0.25) is 4.79 Å². The summed E-state index contributed by atoms with van der Waals surface area (Å²) in [4.78, 5) is 11.9. The predicted molar refractivity (Wildman–Crippen MR) is 116 cm³/mol. The number of carbonyl (C=O) groups excluding carboxylic acids is 1. The van der Waals surface area contributed by atoms with E-state index < -0.39 is 0 Å². The predicted octanol–water partition coefficient (Wildman–Crippen LogP) is 7.14. The maximum Gasteiger partial charge on any atom is 0.224 e. The SMILES string of the molecule is CCCCC/C=C\C/C=C\CCCCCCCC(=O)Nc1ccccc1O. The molecule has 0 fully saturated rings. The molecule has 0 aliphatic heterocycles. The zero-order valence-corrected chi connectivity index (χ0v) is 17.0. The third-order valence-electron chi connectivity index (χ3n) is 4.53. The number of nitrogens with one attached hydrogen (secondary N) is 1. The van der Waals surface area contributed by atoms with Crippen LogP contribution in [-0.4, -0.2) is 11.0 Å². The molecule has 1 rings (SSSR count). The maximum atomic E-state index is 11.9. The molecule has 0 aliphatic rings. The first kappa shape index (κ1) is 23.0. The summed E-state index contributed by atoms with van der Waals surface area (Å²) in [6.07, 6.45) is 22.6. The van der Waals surface area contributed by atoms with Crippen molar-refractivity contribution in [2.45, 2.75) is 84.0 Å². The molecule has 1 aromatic rings. The third-order valence-corrected chi connectivity index (χ3v) is 4.53. The van der Waals surface area contributed by atoms with Crippen LogP contribution in [0.3, 0.4) is 0 Å². The highest BCUT2D eigenvalue weighted by molar-refractivity contribution is 5.92. The summed E-state index contributed by atoms with van der Waals surface area (Å²) in [5, 5.41) is 12.4. The monoisotopic (exact) mass is 371 g/mol. The minimum atomic E-state index is -0.0258. The van der Waals surface area contributed by atoms with E-state index >= 15 is 0 Å². The van der Waals surface area contributed by atoms with Gasteiger partial charge in [0.2, 0.25) is 5.91 Å². The average Bonchev–Trinajstić information content (AvgIpc) is 2.66. The van der Waals surface area contributed by atoms with Gasteiger partial charge in [0.15, 0.2) is 0 Å². The van der Waals surface area contributed by atoms with E-state index in [0.717, 1.165) is 25.7 Å². The van der Waals surface area contributed by atoms with Gasteiger partial charge in [-0.1, -0.05) is 75.5 Å². The van der Waals surface area contributed by atoms with E-state index in [1.165, 1.54) is 44.9 Å². The van der Waals surface area contributed by atoms with E-state index in [9.17, 15) is 9.90 Å². The lowest BCUT2D eigenvalue weighted by molar-refractivity contribution is -0.116. The van der Waals surface area contributed by atoms with Crippen LogP contribution in [0.5, 0.6) is 5.75 Å². The van der Waals surface area contributed by atoms with E-state index in [1.807, 2.05) is 0 Å². The van der Waals surface area contributed by atoms with Gasteiger partial charge in [-0.2, -0.15) is 0 Å². The van der Waals surface area contributed by atoms with Crippen molar-refractivity contribution < 1.29 is 9.90 Å². The molecule has 0 bridgehead atoms. The number of carbonyl (C=O) groups is 1. The van der Waals surface area contributed by atoms with Crippen LogP contribution in [-0.2, 0) is 4.79 Å². The molecule has 0 saturated heterocycles. The topological polar surface area (TPSA) is 49.3 Å². The zero-order chi connectivity index (χ0) is 19.6. The first-order valence-corrected chi connectivity index (χ1v) is 10.6. The van der Waals surface area contributed by atoms with Crippen LogP contribution >= 0.6 is 0 Å². The lowest BCUT2D eigenvalue weighted by Gasteiger charge is -2.06. The van der Waals surface area contributed by atoms with Crippen molar-refractivity contribution in [1.29, 1.82) is 0 Å². The lowest BCUT2D eigenvalue weighted by Crippen LogP contribution is -2.11. The maximum absolute atomic E-state index is 11.9. The molecule has 0 atom stereocenters. The Kier molecular flexibility index (Phi) is 13.8. The molecule has 150 valence electrons. The van der Waals surface area contributed by atoms with Crippen LogP contribution in [0.4, 0.5) is 5.69 Å². The van der Waals surface area contributed by atoms with E-state index in [0.29, 0.717) is 12.1 Å². The van der Waals surface area contributed by atoms with Gasteiger partial charge in [-0.15, -0.1) is 0 Å². The molecule has 3 heteroatoms. The Labute approximate surface area is 165 Å². The Hall–Kier alpha value is -2.03. The largest absolute Gasteiger partial charge is 0.506 e. The molecular weight excluding hydrogens is 334 g/mol. The number of hydrogen-bond acceptors (Lipinski definition) is 2. The molecule has 0 radical (unpaired) electrons. The van der Waals surface area contributed by atoms with Crippen molar-refractivity contribution in [2.24, 2.45) is 0 Å². The summed E-state index contributed by atoms with van der Waals surface area (Å²) in [5.74, 6) is 0.0908. The Morgan fingerprint density at radius 2 is 1.52 bits per heavy atom. The summed E-state index contributed by atoms with van der Waals surface area (Å²) in [7, 11) is 0. The van der Waals surface area contributed by atoms with E-state index in [4.69, 9.17) is 0 Å². The van der Waals surface area contributed by atoms with Crippen LogP contribution in [0.15, 0.2) is 48.6 Å². The number of benzene rings is 1. The van der Waals surface area contributed by atoms with Gasteiger partial charge in [0.25, 0.3) is 0 Å². The van der Waals surface area contributed by atoms with Crippen LogP contribution in [0.25, 0.3) is 0 Å². The van der Waals surface area contributed by atoms with Crippen molar-refractivity contribution >= 4 is 11.6 Å². The van der Waals surface area contributed by atoms with Gasteiger partial charge >= 0.3 is 0 Å². The van der Waals surface area contributed by atoms with Gasteiger partial charge in [0.1, 0.15) is 5.75 Å². The molecule has 0 aromatic heterocycles. The molecule has 1 aromatic carbocycles. The fraction of sp³-hybridized carbons (Fsp3) is 0.542. The highest BCUT2D eigenvalue weighted by atomic mass is 16.3. The number of phenolic OH excluding ortho intramolecular Hbond substituents is 1. The number of aromatic hydroxyl groups is 1.